The van der Waals surface area contributed by atoms with Crippen LogP contribution in [0.25, 0.3) is 0 Å². The number of hydrogen-bond acceptors (Lipinski definition) is 3. The molecule has 1 atom stereocenters. The first-order valence-corrected chi connectivity index (χ1v) is 6.94. The highest BCUT2D eigenvalue weighted by molar-refractivity contribution is 5.40. The second-order valence-electron chi connectivity index (χ2n) is 5.95. The van der Waals surface area contributed by atoms with Crippen LogP contribution in [0.15, 0.2) is 18.2 Å². The van der Waals surface area contributed by atoms with E-state index in [9.17, 15) is 0 Å². The summed E-state index contributed by atoms with van der Waals surface area (Å²) in [5.74, 6) is 0.919. The molecule has 1 aliphatic rings. The number of aryl methyl sites for hydroxylation is 1. The summed E-state index contributed by atoms with van der Waals surface area (Å²) in [5.41, 5.74) is 8.34. The lowest BCUT2D eigenvalue weighted by Crippen LogP contribution is -2.10. The molecule has 19 heavy (non-hydrogen) atoms. The van der Waals surface area contributed by atoms with Crippen molar-refractivity contribution in [2.75, 3.05) is 6.61 Å². The summed E-state index contributed by atoms with van der Waals surface area (Å²) in [6, 6.07) is 8.70. The van der Waals surface area contributed by atoms with Gasteiger partial charge in [-0.1, -0.05) is 6.07 Å². The molecule has 1 aliphatic carbocycles. The Balaban J connectivity index is 1.83. The van der Waals surface area contributed by atoms with Gasteiger partial charge in [0, 0.05) is 6.04 Å². The van der Waals surface area contributed by atoms with Crippen LogP contribution in [0.3, 0.4) is 0 Å². The van der Waals surface area contributed by atoms with E-state index in [4.69, 9.17) is 15.7 Å². The van der Waals surface area contributed by atoms with E-state index in [1.807, 2.05) is 19.9 Å². The van der Waals surface area contributed by atoms with Crippen LogP contribution in [0.2, 0.25) is 0 Å². The van der Waals surface area contributed by atoms with Crippen LogP contribution in [0, 0.1) is 16.7 Å². The lowest BCUT2D eigenvalue weighted by atomic mass is 9.90. The summed E-state index contributed by atoms with van der Waals surface area (Å²) in [7, 11) is 0. The van der Waals surface area contributed by atoms with Crippen LogP contribution >= 0.6 is 0 Å². The van der Waals surface area contributed by atoms with Gasteiger partial charge in [0.25, 0.3) is 0 Å². The molecule has 3 nitrogen and oxygen atoms in total. The molecule has 0 spiro atoms. The molecular weight excluding hydrogens is 236 g/mol. The third kappa shape index (κ3) is 3.48. The van der Waals surface area contributed by atoms with Crippen molar-refractivity contribution in [2.24, 2.45) is 11.1 Å². The summed E-state index contributed by atoms with van der Waals surface area (Å²) in [6.45, 7) is 4.59. The Morgan fingerprint density at radius 1 is 1.47 bits per heavy atom. The Bertz CT molecular complexity index is 488. The number of rotatable bonds is 5. The first kappa shape index (κ1) is 13.9. The molecule has 0 saturated carbocycles. The van der Waals surface area contributed by atoms with Crippen LogP contribution in [-0.4, -0.2) is 6.61 Å². The second-order valence-corrected chi connectivity index (χ2v) is 5.95. The number of hydrogen-bond donors (Lipinski definition) is 1. The van der Waals surface area contributed by atoms with E-state index in [2.05, 4.69) is 18.2 Å². The number of nitrogens with two attached hydrogens (primary N) is 1. The van der Waals surface area contributed by atoms with Crippen LogP contribution < -0.4 is 10.5 Å². The van der Waals surface area contributed by atoms with E-state index < -0.39 is 0 Å². The minimum Gasteiger partial charge on any atom is -0.494 e. The summed E-state index contributed by atoms with van der Waals surface area (Å²) in [5, 5.41) is 8.94. The van der Waals surface area contributed by atoms with Gasteiger partial charge in [-0.2, -0.15) is 5.26 Å². The molecule has 0 radical (unpaired) electrons. The van der Waals surface area contributed by atoms with Gasteiger partial charge < -0.3 is 10.5 Å². The fourth-order valence-corrected chi connectivity index (χ4v) is 2.48. The number of fused-ring (bicyclic) bond motifs is 1. The third-order valence-corrected chi connectivity index (χ3v) is 3.76. The first-order valence-electron chi connectivity index (χ1n) is 6.94. The quantitative estimate of drug-likeness (QED) is 0.824. The van der Waals surface area contributed by atoms with Crippen molar-refractivity contribution in [1.29, 1.82) is 5.26 Å². The molecule has 0 amide bonds. The topological polar surface area (TPSA) is 59.0 Å². The van der Waals surface area contributed by atoms with Crippen molar-refractivity contribution in [1.82, 2.24) is 0 Å². The predicted octanol–water partition coefficient (Wildman–Crippen LogP) is 3.34. The summed E-state index contributed by atoms with van der Waals surface area (Å²) in [6.07, 6.45) is 3.85. The zero-order valence-corrected chi connectivity index (χ0v) is 11.8. The monoisotopic (exact) mass is 258 g/mol. The smallest absolute Gasteiger partial charge is 0.119 e. The highest BCUT2D eigenvalue weighted by Crippen LogP contribution is 2.32. The van der Waals surface area contributed by atoms with Crippen molar-refractivity contribution in [3.05, 3.63) is 29.3 Å². The number of nitrogens with zero attached hydrogens (tertiary/aromatic N) is 1. The third-order valence-electron chi connectivity index (χ3n) is 3.76. The van der Waals surface area contributed by atoms with Crippen molar-refractivity contribution in [3.63, 3.8) is 0 Å². The lowest BCUT2D eigenvalue weighted by molar-refractivity contribution is 0.284. The van der Waals surface area contributed by atoms with Crippen LogP contribution in [-0.2, 0) is 6.42 Å². The minimum absolute atomic E-state index is 0.195. The maximum atomic E-state index is 8.94. The number of nitriles is 1. The van der Waals surface area contributed by atoms with Crippen molar-refractivity contribution >= 4 is 0 Å². The number of benzene rings is 1. The summed E-state index contributed by atoms with van der Waals surface area (Å²) in [4.78, 5) is 0. The SMILES string of the molecule is CC(C)(C#N)CCCOc1ccc2c(c1)CC[C@H]2N. The largest absolute Gasteiger partial charge is 0.494 e. The van der Waals surface area contributed by atoms with Gasteiger partial charge in [0.2, 0.25) is 0 Å². The molecule has 0 fully saturated rings. The van der Waals surface area contributed by atoms with Gasteiger partial charge >= 0.3 is 0 Å². The molecule has 1 aromatic carbocycles. The molecule has 0 saturated heterocycles. The van der Waals surface area contributed by atoms with Crippen LogP contribution in [0.5, 0.6) is 5.75 Å². The van der Waals surface area contributed by atoms with Crippen LogP contribution in [0.1, 0.15) is 50.3 Å². The van der Waals surface area contributed by atoms with E-state index in [-0.39, 0.29) is 11.5 Å². The molecular formula is C16H22N2O. The second kappa shape index (κ2) is 5.63. The van der Waals surface area contributed by atoms with Crippen molar-refractivity contribution < 1.29 is 4.74 Å². The molecule has 1 aromatic rings. The minimum atomic E-state index is -0.256. The predicted molar refractivity (Wildman–Crippen MR) is 75.8 cm³/mol. The Morgan fingerprint density at radius 2 is 2.26 bits per heavy atom. The normalized spacial score (nSPS) is 17.9. The molecule has 3 heteroatoms. The summed E-state index contributed by atoms with van der Waals surface area (Å²) >= 11 is 0. The standard InChI is InChI=1S/C16H22N2O/c1-16(2,11-17)8-3-9-19-13-5-6-14-12(10-13)4-7-15(14)18/h5-6,10,15H,3-4,7-9,18H2,1-2H3/t15-/m1/s1. The van der Waals surface area contributed by atoms with Gasteiger partial charge in [-0.3, -0.25) is 0 Å². The van der Waals surface area contributed by atoms with Gasteiger partial charge in [0.15, 0.2) is 0 Å². The molecule has 0 bridgehead atoms. The molecule has 0 heterocycles. The zero-order valence-electron chi connectivity index (χ0n) is 11.8. The van der Waals surface area contributed by atoms with Gasteiger partial charge in [-0.05, 0) is 62.8 Å². The molecule has 0 unspecified atom stereocenters. The average Bonchev–Trinajstić information content (AvgIpc) is 2.76. The van der Waals surface area contributed by atoms with Crippen molar-refractivity contribution in [3.8, 4) is 11.8 Å². The molecule has 2 N–H and O–H groups in total. The van der Waals surface area contributed by atoms with E-state index in [1.165, 1.54) is 11.1 Å². The molecule has 102 valence electrons. The summed E-state index contributed by atoms with van der Waals surface area (Å²) < 4.78 is 5.76. The van der Waals surface area contributed by atoms with E-state index in [0.717, 1.165) is 31.4 Å². The highest BCUT2D eigenvalue weighted by atomic mass is 16.5. The Kier molecular flexibility index (Phi) is 4.11. The fourth-order valence-electron chi connectivity index (χ4n) is 2.48. The molecule has 0 aliphatic heterocycles. The Labute approximate surface area is 115 Å². The van der Waals surface area contributed by atoms with Gasteiger partial charge in [0.1, 0.15) is 5.75 Å². The van der Waals surface area contributed by atoms with E-state index in [1.54, 1.807) is 0 Å². The van der Waals surface area contributed by atoms with Gasteiger partial charge in [0.05, 0.1) is 18.1 Å². The first-order chi connectivity index (χ1) is 9.02. The number of ether oxygens (including phenoxy) is 1. The Hall–Kier alpha value is -1.53. The Morgan fingerprint density at radius 3 is 3.00 bits per heavy atom. The van der Waals surface area contributed by atoms with E-state index in [0.29, 0.717) is 6.61 Å². The zero-order chi connectivity index (χ0) is 13.9. The lowest BCUT2D eigenvalue weighted by Gasteiger charge is -2.15. The maximum Gasteiger partial charge on any atom is 0.119 e. The van der Waals surface area contributed by atoms with Gasteiger partial charge in [-0.15, -0.1) is 0 Å². The van der Waals surface area contributed by atoms with Crippen LogP contribution in [0.4, 0.5) is 0 Å². The highest BCUT2D eigenvalue weighted by Gasteiger charge is 2.19. The fraction of sp³-hybridized carbons (Fsp3) is 0.562. The van der Waals surface area contributed by atoms with Crippen molar-refractivity contribution in [2.45, 2.75) is 45.6 Å². The average molecular weight is 258 g/mol. The molecule has 2 rings (SSSR count). The maximum absolute atomic E-state index is 8.94. The van der Waals surface area contributed by atoms with E-state index >= 15 is 0 Å². The van der Waals surface area contributed by atoms with Gasteiger partial charge in [-0.25, -0.2) is 0 Å². The molecule has 0 aromatic heterocycles.